The fourth-order valence-corrected chi connectivity index (χ4v) is 1.57. The molecule has 1 heterocycles. The normalized spacial score (nSPS) is 14.6. The summed E-state index contributed by atoms with van der Waals surface area (Å²) in [6.07, 6.45) is 0. The molecule has 0 unspecified atom stereocenters. The average molecular weight is 235 g/mol. The summed E-state index contributed by atoms with van der Waals surface area (Å²) >= 11 is 0. The van der Waals surface area contributed by atoms with Gasteiger partial charge in [-0.3, -0.25) is 0 Å². The monoisotopic (exact) mass is 235 g/mol. The number of nitrogens with zero attached hydrogens (tertiary/aromatic N) is 1. The van der Waals surface area contributed by atoms with Crippen molar-refractivity contribution in [3.8, 4) is 0 Å². The zero-order valence-electron chi connectivity index (χ0n) is 9.37. The second-order valence-electron chi connectivity index (χ2n) is 3.53. The SMILES string of the molecule is [B+2]c1ccc(C(=O)N2CCOCC2)cc1.[OH-].[OH-]. The van der Waals surface area contributed by atoms with Crippen LogP contribution in [0.3, 0.4) is 0 Å². The molecule has 1 aliphatic heterocycles. The summed E-state index contributed by atoms with van der Waals surface area (Å²) < 4.78 is 5.19. The van der Waals surface area contributed by atoms with Crippen molar-refractivity contribution < 1.29 is 20.5 Å². The summed E-state index contributed by atoms with van der Waals surface area (Å²) in [7, 11) is 5.56. The molecule has 0 bridgehead atoms. The van der Waals surface area contributed by atoms with Gasteiger partial charge in [0.2, 0.25) is 0 Å². The molecule has 0 aromatic heterocycles. The Morgan fingerprint density at radius 3 is 2.18 bits per heavy atom. The van der Waals surface area contributed by atoms with Gasteiger partial charge < -0.3 is 11.0 Å². The molecule has 1 saturated heterocycles. The van der Waals surface area contributed by atoms with Gasteiger partial charge in [0.1, 0.15) is 0 Å². The van der Waals surface area contributed by atoms with E-state index in [2.05, 4.69) is 0 Å². The van der Waals surface area contributed by atoms with Gasteiger partial charge in [-0.2, -0.15) is 0 Å². The fraction of sp³-hybridized carbons (Fsp3) is 0.364. The van der Waals surface area contributed by atoms with Gasteiger partial charge in [0.05, 0.1) is 0 Å². The average Bonchev–Trinajstić information content (AvgIpc) is 2.30. The predicted molar refractivity (Wildman–Crippen MR) is 62.4 cm³/mol. The van der Waals surface area contributed by atoms with Crippen molar-refractivity contribution in [3.05, 3.63) is 29.8 Å². The van der Waals surface area contributed by atoms with Gasteiger partial charge in [0, 0.05) is 0 Å². The van der Waals surface area contributed by atoms with Gasteiger partial charge in [-0.15, -0.1) is 0 Å². The number of hydrogen-bond acceptors (Lipinski definition) is 4. The van der Waals surface area contributed by atoms with Gasteiger partial charge >= 0.3 is 89.8 Å². The molecule has 0 spiro atoms. The minimum Gasteiger partial charge on any atom is -0.870 e. The molecule has 1 aromatic rings. The van der Waals surface area contributed by atoms with Crippen molar-refractivity contribution in [2.75, 3.05) is 26.3 Å². The van der Waals surface area contributed by atoms with Crippen LogP contribution in [0.25, 0.3) is 0 Å². The van der Waals surface area contributed by atoms with E-state index in [1.54, 1.807) is 29.2 Å². The Balaban J connectivity index is 0.00000128. The Morgan fingerprint density at radius 2 is 1.65 bits per heavy atom. The van der Waals surface area contributed by atoms with Crippen molar-refractivity contribution in [3.63, 3.8) is 0 Å². The molecule has 0 saturated carbocycles. The Labute approximate surface area is 101 Å². The molecule has 17 heavy (non-hydrogen) atoms. The number of amides is 1. The first kappa shape index (κ1) is 15.6. The van der Waals surface area contributed by atoms with Crippen LogP contribution in [0.15, 0.2) is 24.3 Å². The van der Waals surface area contributed by atoms with Gasteiger partial charge in [0.15, 0.2) is 0 Å². The van der Waals surface area contributed by atoms with E-state index in [9.17, 15) is 4.79 Å². The van der Waals surface area contributed by atoms with E-state index in [1.807, 2.05) is 0 Å². The third kappa shape index (κ3) is 3.85. The first-order chi connectivity index (χ1) is 7.27. The zero-order chi connectivity index (χ0) is 10.7. The number of ether oxygens (including phenoxy) is 1. The van der Waals surface area contributed by atoms with Crippen LogP contribution in [0.2, 0.25) is 0 Å². The number of morpholine rings is 1. The van der Waals surface area contributed by atoms with Crippen LogP contribution in [0, 0.1) is 0 Å². The maximum atomic E-state index is 11.9. The van der Waals surface area contributed by atoms with Crippen molar-refractivity contribution >= 4 is 19.2 Å². The Kier molecular flexibility index (Phi) is 6.49. The van der Waals surface area contributed by atoms with E-state index in [4.69, 9.17) is 12.6 Å². The van der Waals surface area contributed by atoms with Gasteiger partial charge in [-0.05, 0) is 0 Å². The van der Waals surface area contributed by atoms with Crippen LogP contribution in [-0.4, -0.2) is 55.9 Å². The summed E-state index contributed by atoms with van der Waals surface area (Å²) in [5.41, 5.74) is 1.36. The van der Waals surface area contributed by atoms with Crippen molar-refractivity contribution in [1.82, 2.24) is 4.90 Å². The molecular weight excluding hydrogens is 221 g/mol. The summed E-state index contributed by atoms with van der Waals surface area (Å²) in [5.74, 6) is 0.0540. The van der Waals surface area contributed by atoms with Crippen LogP contribution in [0.5, 0.6) is 0 Å². The van der Waals surface area contributed by atoms with E-state index in [1.165, 1.54) is 0 Å². The van der Waals surface area contributed by atoms with Gasteiger partial charge in [0.25, 0.3) is 0 Å². The fourth-order valence-electron chi connectivity index (χ4n) is 1.57. The molecular formula is C11H14BNO4. The summed E-state index contributed by atoms with van der Waals surface area (Å²) in [5, 5.41) is 0. The topological polar surface area (TPSA) is 89.5 Å². The first-order valence-electron chi connectivity index (χ1n) is 5.00. The molecule has 0 radical (unpaired) electrons. The number of carbonyl (C=O) groups excluding carboxylic acids is 1. The molecule has 2 N–H and O–H groups in total. The number of carbonyl (C=O) groups is 1. The van der Waals surface area contributed by atoms with E-state index >= 15 is 0 Å². The summed E-state index contributed by atoms with van der Waals surface area (Å²) in [6, 6.07) is 7.00. The quantitative estimate of drug-likeness (QED) is 0.619. The first-order valence-corrected chi connectivity index (χ1v) is 5.00. The maximum Gasteiger partial charge on any atom is -0.870 e. The van der Waals surface area contributed by atoms with Crippen LogP contribution < -0.4 is 5.46 Å². The second kappa shape index (κ2) is 7.06. The molecule has 1 fully saturated rings. The predicted octanol–water partition coefficient (Wildman–Crippen LogP) is -0.401. The number of hydrogen-bond donors (Lipinski definition) is 0. The molecule has 1 aromatic carbocycles. The summed E-state index contributed by atoms with van der Waals surface area (Å²) in [6.45, 7) is 2.59. The second-order valence-corrected chi connectivity index (χ2v) is 3.53. The Hall–Kier alpha value is -1.37. The van der Waals surface area contributed by atoms with E-state index in [-0.39, 0.29) is 16.9 Å². The molecule has 1 aliphatic rings. The molecule has 90 valence electrons. The van der Waals surface area contributed by atoms with Crippen LogP contribution in [0.4, 0.5) is 0 Å². The molecule has 6 heteroatoms. The molecule has 5 nitrogen and oxygen atoms in total. The minimum absolute atomic E-state index is 0. The van der Waals surface area contributed by atoms with E-state index in [0.29, 0.717) is 37.3 Å². The third-order valence-corrected chi connectivity index (χ3v) is 2.46. The van der Waals surface area contributed by atoms with Gasteiger partial charge in [-0.1, -0.05) is 0 Å². The summed E-state index contributed by atoms with van der Waals surface area (Å²) in [4.78, 5) is 13.7. The van der Waals surface area contributed by atoms with Crippen molar-refractivity contribution in [2.45, 2.75) is 0 Å². The van der Waals surface area contributed by atoms with Crippen molar-refractivity contribution in [2.24, 2.45) is 0 Å². The van der Waals surface area contributed by atoms with Crippen LogP contribution >= 0.6 is 0 Å². The number of benzene rings is 1. The maximum absolute atomic E-state index is 11.9. The van der Waals surface area contributed by atoms with E-state index < -0.39 is 0 Å². The van der Waals surface area contributed by atoms with E-state index in [0.717, 1.165) is 0 Å². The Morgan fingerprint density at radius 1 is 1.12 bits per heavy atom. The third-order valence-electron chi connectivity index (χ3n) is 2.46. The van der Waals surface area contributed by atoms with Crippen LogP contribution in [0.1, 0.15) is 10.4 Å². The molecule has 0 atom stereocenters. The number of rotatable bonds is 1. The van der Waals surface area contributed by atoms with Gasteiger partial charge in [-0.25, -0.2) is 0 Å². The largest absolute Gasteiger partial charge is 0.870 e. The molecule has 1 amide bonds. The minimum atomic E-state index is 0. The zero-order valence-corrected chi connectivity index (χ0v) is 9.37. The van der Waals surface area contributed by atoms with Crippen molar-refractivity contribution in [1.29, 1.82) is 0 Å². The molecule has 0 aliphatic carbocycles. The Bertz CT molecular complexity index is 349. The smallest absolute Gasteiger partial charge is 0.870 e. The molecule has 2 rings (SSSR count). The standard InChI is InChI=1S/C11H12BNO2.2H2O/c12-10-3-1-9(2-4-10)11(14)13-5-7-15-8-6-13;;/h1-4H,5-8H2;2*1H2/q+2;;/p-2. The van der Waals surface area contributed by atoms with Crippen LogP contribution in [-0.2, 0) is 4.74 Å².